The van der Waals surface area contributed by atoms with Crippen LogP contribution < -0.4 is 15.4 Å². The number of piperidine rings is 2. The zero-order chi connectivity index (χ0) is 22.7. The summed E-state index contributed by atoms with van der Waals surface area (Å²) in [4.78, 5) is 27.8. The highest BCUT2D eigenvalue weighted by Gasteiger charge is 2.39. The molecule has 2 N–H and O–H groups in total. The number of carbonyl (C=O) groups is 2. The molecule has 4 rings (SSSR count). The maximum atomic E-state index is 12.8. The van der Waals surface area contributed by atoms with Crippen molar-refractivity contribution in [1.82, 2.24) is 10.2 Å². The molecule has 0 spiro atoms. The van der Waals surface area contributed by atoms with E-state index in [0.717, 1.165) is 32.1 Å². The fourth-order valence-corrected chi connectivity index (χ4v) is 5.19. The molecule has 2 aliphatic rings. The van der Waals surface area contributed by atoms with Crippen molar-refractivity contribution in [3.8, 4) is 5.75 Å². The number of fused-ring (bicyclic) bond motifs is 2. The molecule has 6 nitrogen and oxygen atoms in total. The van der Waals surface area contributed by atoms with Gasteiger partial charge in [-0.15, -0.1) is 0 Å². The Hall–Kier alpha value is -2.28. The topological polar surface area (TPSA) is 70.7 Å². The largest absolute Gasteiger partial charge is 0.497 e. The summed E-state index contributed by atoms with van der Waals surface area (Å²) in [5, 5.41) is 6.83. The van der Waals surface area contributed by atoms with Gasteiger partial charge in [-0.25, -0.2) is 0 Å². The quantitative estimate of drug-likeness (QED) is 0.631. The van der Waals surface area contributed by atoms with Gasteiger partial charge >= 0.3 is 0 Å². The second kappa shape index (κ2) is 10.1. The zero-order valence-corrected chi connectivity index (χ0v) is 19.5. The van der Waals surface area contributed by atoms with E-state index in [2.05, 4.69) is 15.5 Å². The molecule has 0 aromatic heterocycles. The van der Waals surface area contributed by atoms with Crippen LogP contribution in [-0.4, -0.2) is 48.5 Å². The van der Waals surface area contributed by atoms with Crippen molar-refractivity contribution in [2.45, 2.75) is 50.2 Å². The van der Waals surface area contributed by atoms with Crippen LogP contribution >= 0.6 is 23.2 Å². The van der Waals surface area contributed by atoms with Crippen molar-refractivity contribution < 1.29 is 14.3 Å². The lowest BCUT2D eigenvalue weighted by atomic mass is 9.81. The summed E-state index contributed by atoms with van der Waals surface area (Å²) in [6.45, 7) is 0.300. The highest BCUT2D eigenvalue weighted by molar-refractivity contribution is 6.44. The molecule has 2 aromatic rings. The molecule has 0 aliphatic carbocycles. The monoisotopic (exact) mass is 475 g/mol. The molecule has 2 aromatic carbocycles. The first kappa shape index (κ1) is 22.9. The van der Waals surface area contributed by atoms with Crippen LogP contribution in [0.5, 0.6) is 5.75 Å². The van der Waals surface area contributed by atoms with Crippen molar-refractivity contribution >= 4 is 40.7 Å². The Labute approximate surface area is 198 Å². The molecule has 2 atom stereocenters. The van der Waals surface area contributed by atoms with Crippen molar-refractivity contribution in [3.05, 3.63) is 58.1 Å². The highest BCUT2D eigenvalue weighted by Crippen LogP contribution is 2.34. The fraction of sp³-hybridized carbons (Fsp3) is 0.417. The van der Waals surface area contributed by atoms with Crippen LogP contribution in [0.2, 0.25) is 10.0 Å². The molecular weight excluding hydrogens is 449 g/mol. The van der Waals surface area contributed by atoms with Crippen LogP contribution in [0.4, 0.5) is 5.69 Å². The average molecular weight is 476 g/mol. The SMILES string of the molecule is COc1cccc(C(=O)NC2CC3CCCC(C2)N3CC(=O)Nc2cccc(Cl)c2Cl)c1. The zero-order valence-electron chi connectivity index (χ0n) is 17.9. The third-order valence-electron chi connectivity index (χ3n) is 6.34. The third-order valence-corrected chi connectivity index (χ3v) is 7.16. The van der Waals surface area contributed by atoms with Crippen LogP contribution in [0.3, 0.4) is 0 Å². The van der Waals surface area contributed by atoms with Gasteiger partial charge in [0.05, 0.1) is 29.4 Å². The van der Waals surface area contributed by atoms with Gasteiger partial charge < -0.3 is 15.4 Å². The van der Waals surface area contributed by atoms with Gasteiger partial charge in [0.15, 0.2) is 0 Å². The van der Waals surface area contributed by atoms with Gasteiger partial charge in [-0.1, -0.05) is 41.8 Å². The van der Waals surface area contributed by atoms with Crippen molar-refractivity contribution in [2.75, 3.05) is 19.0 Å². The smallest absolute Gasteiger partial charge is 0.251 e. The fourth-order valence-electron chi connectivity index (χ4n) is 4.84. The van der Waals surface area contributed by atoms with Gasteiger partial charge in [0.1, 0.15) is 5.75 Å². The van der Waals surface area contributed by atoms with Crippen molar-refractivity contribution in [2.24, 2.45) is 0 Å². The van der Waals surface area contributed by atoms with E-state index >= 15 is 0 Å². The number of anilines is 1. The number of amides is 2. The summed E-state index contributed by atoms with van der Waals surface area (Å²) >= 11 is 12.3. The average Bonchev–Trinajstić information content (AvgIpc) is 2.77. The van der Waals surface area contributed by atoms with Crippen LogP contribution in [0.1, 0.15) is 42.5 Å². The summed E-state index contributed by atoms with van der Waals surface area (Å²) in [6.07, 6.45) is 4.85. The molecule has 32 heavy (non-hydrogen) atoms. The summed E-state index contributed by atoms with van der Waals surface area (Å²) in [6, 6.07) is 13.0. The van der Waals surface area contributed by atoms with Crippen LogP contribution in [0, 0.1) is 0 Å². The number of rotatable bonds is 6. The number of benzene rings is 2. The highest BCUT2D eigenvalue weighted by atomic mass is 35.5. The number of nitrogens with one attached hydrogen (secondary N) is 2. The van der Waals surface area contributed by atoms with E-state index in [1.165, 1.54) is 0 Å². The van der Waals surface area contributed by atoms with Gasteiger partial charge in [-0.2, -0.15) is 0 Å². The Balaban J connectivity index is 1.37. The van der Waals surface area contributed by atoms with E-state index in [0.29, 0.717) is 33.6 Å². The maximum Gasteiger partial charge on any atom is 0.251 e. The predicted octanol–water partition coefficient (Wildman–Crippen LogP) is 4.76. The molecule has 170 valence electrons. The molecule has 2 saturated heterocycles. The van der Waals surface area contributed by atoms with E-state index in [1.807, 2.05) is 12.1 Å². The molecule has 2 heterocycles. The van der Waals surface area contributed by atoms with E-state index in [-0.39, 0.29) is 29.9 Å². The van der Waals surface area contributed by atoms with E-state index in [1.54, 1.807) is 37.4 Å². The van der Waals surface area contributed by atoms with Crippen LogP contribution in [-0.2, 0) is 4.79 Å². The Morgan fingerprint density at radius 1 is 1.09 bits per heavy atom. The number of carbonyl (C=O) groups excluding carboxylic acids is 2. The summed E-state index contributed by atoms with van der Waals surface area (Å²) < 4.78 is 5.22. The van der Waals surface area contributed by atoms with Gasteiger partial charge in [0.25, 0.3) is 5.91 Å². The minimum atomic E-state index is -0.107. The molecule has 2 fully saturated rings. The molecule has 2 unspecified atom stereocenters. The predicted molar refractivity (Wildman–Crippen MR) is 127 cm³/mol. The number of methoxy groups -OCH3 is 1. The van der Waals surface area contributed by atoms with E-state index < -0.39 is 0 Å². The lowest BCUT2D eigenvalue weighted by Gasteiger charge is -2.48. The second-order valence-corrected chi connectivity index (χ2v) is 9.22. The molecule has 0 radical (unpaired) electrons. The lowest BCUT2D eigenvalue weighted by molar-refractivity contribution is -0.120. The molecule has 2 aliphatic heterocycles. The Kier molecular flexibility index (Phi) is 7.23. The summed E-state index contributed by atoms with van der Waals surface area (Å²) in [7, 11) is 1.59. The van der Waals surface area contributed by atoms with E-state index in [4.69, 9.17) is 27.9 Å². The first-order valence-electron chi connectivity index (χ1n) is 10.9. The van der Waals surface area contributed by atoms with Gasteiger partial charge in [0, 0.05) is 23.7 Å². The van der Waals surface area contributed by atoms with Crippen molar-refractivity contribution in [1.29, 1.82) is 0 Å². The lowest BCUT2D eigenvalue weighted by Crippen LogP contribution is -2.58. The van der Waals surface area contributed by atoms with E-state index in [9.17, 15) is 9.59 Å². The standard InChI is InChI=1S/C24H27Cl2N3O3/c1-32-19-8-2-5-15(11-19)24(31)27-16-12-17-6-3-7-18(13-16)29(17)14-22(30)28-21-10-4-9-20(25)23(21)26/h2,4-5,8-11,16-18H,3,6-7,12-14H2,1H3,(H,27,31)(H,28,30). The normalized spacial score (nSPS) is 22.8. The van der Waals surface area contributed by atoms with Crippen LogP contribution in [0.15, 0.2) is 42.5 Å². The number of halogens is 2. The summed E-state index contributed by atoms with van der Waals surface area (Å²) in [5.74, 6) is 0.467. The molecule has 2 bridgehead atoms. The third kappa shape index (κ3) is 5.20. The summed E-state index contributed by atoms with van der Waals surface area (Å²) in [5.41, 5.74) is 1.12. The number of hydrogen-bond acceptors (Lipinski definition) is 4. The van der Waals surface area contributed by atoms with Gasteiger partial charge in [0.2, 0.25) is 5.91 Å². The Bertz CT molecular complexity index is 986. The number of hydrogen-bond donors (Lipinski definition) is 2. The number of ether oxygens (including phenoxy) is 1. The molecular formula is C24H27Cl2N3O3. The van der Waals surface area contributed by atoms with Crippen molar-refractivity contribution in [3.63, 3.8) is 0 Å². The maximum absolute atomic E-state index is 12.8. The van der Waals surface area contributed by atoms with Gasteiger partial charge in [-0.05, 0) is 56.0 Å². The molecule has 8 heteroatoms. The molecule has 0 saturated carbocycles. The second-order valence-electron chi connectivity index (χ2n) is 8.43. The molecule has 2 amide bonds. The Morgan fingerprint density at radius 3 is 2.53 bits per heavy atom. The van der Waals surface area contributed by atoms with Gasteiger partial charge in [-0.3, -0.25) is 14.5 Å². The minimum absolute atomic E-state index is 0.0886. The first-order valence-corrected chi connectivity index (χ1v) is 11.6. The minimum Gasteiger partial charge on any atom is -0.497 e. The number of nitrogens with zero attached hydrogens (tertiary/aromatic N) is 1. The van der Waals surface area contributed by atoms with Crippen LogP contribution in [0.25, 0.3) is 0 Å². The Morgan fingerprint density at radius 2 is 1.81 bits per heavy atom. The first-order chi connectivity index (χ1) is 15.4.